The van der Waals surface area contributed by atoms with Gasteiger partial charge in [0.05, 0.1) is 9.46 Å². The summed E-state index contributed by atoms with van der Waals surface area (Å²) < 4.78 is 0.563. The van der Waals surface area contributed by atoms with Crippen LogP contribution in [-0.4, -0.2) is 34.0 Å². The molecule has 4 nitrogen and oxygen atoms in total. The lowest BCUT2D eigenvalue weighted by molar-refractivity contribution is 0.0740. The second-order valence-corrected chi connectivity index (χ2v) is 6.41. The fourth-order valence-corrected chi connectivity index (χ4v) is 2.13. The number of carbonyl (C=O) groups is 1. The second-order valence-electron chi connectivity index (χ2n) is 5.03. The van der Waals surface area contributed by atoms with E-state index in [1.165, 1.54) is 6.07 Å². The molecule has 0 aliphatic carbocycles. The molecule has 1 rings (SSSR count). The van der Waals surface area contributed by atoms with Crippen LogP contribution in [0.1, 0.15) is 30.6 Å². The van der Waals surface area contributed by atoms with E-state index < -0.39 is 0 Å². The molecule has 0 heterocycles. The molecule has 1 aromatic carbocycles. The summed E-state index contributed by atoms with van der Waals surface area (Å²) in [6.45, 7) is 5.20. The number of hydrogen-bond donors (Lipinski definition) is 2. The van der Waals surface area contributed by atoms with Crippen LogP contribution in [0.25, 0.3) is 0 Å². The summed E-state index contributed by atoms with van der Waals surface area (Å²) >= 11 is 8.06. The van der Waals surface area contributed by atoms with Crippen molar-refractivity contribution in [2.45, 2.75) is 20.3 Å². The van der Waals surface area contributed by atoms with Gasteiger partial charge in [0.25, 0.3) is 5.91 Å². The van der Waals surface area contributed by atoms with Gasteiger partial charge in [-0.1, -0.05) is 26.1 Å². The number of phenols is 1. The summed E-state index contributed by atoms with van der Waals surface area (Å²) in [5.74, 6) is 0.266. The number of hydrogen-bond acceptors (Lipinski definition) is 3. The molecular weight excluding hydrogens is 340 g/mol. The zero-order valence-corrected chi connectivity index (χ0v) is 14.0. The van der Waals surface area contributed by atoms with Gasteiger partial charge in [-0.3, -0.25) is 4.79 Å². The smallest absolute Gasteiger partial charge is 0.254 e. The Hall–Kier alpha value is -1.14. The van der Waals surface area contributed by atoms with Crippen LogP contribution in [0.4, 0.5) is 0 Å². The van der Waals surface area contributed by atoms with E-state index in [1.54, 1.807) is 17.0 Å². The maximum atomic E-state index is 12.5. The van der Waals surface area contributed by atoms with E-state index in [-0.39, 0.29) is 11.7 Å². The Morgan fingerprint density at radius 3 is 2.65 bits per heavy atom. The second kappa shape index (κ2) is 7.59. The number of nitrogens with two attached hydrogens (primary N) is 1. The third-order valence-corrected chi connectivity index (χ3v) is 3.57. The first-order valence-corrected chi connectivity index (χ1v) is 7.57. The van der Waals surface area contributed by atoms with Crippen molar-refractivity contribution in [2.75, 3.05) is 13.1 Å². The van der Waals surface area contributed by atoms with Crippen molar-refractivity contribution in [2.24, 2.45) is 11.7 Å². The van der Waals surface area contributed by atoms with Crippen LogP contribution in [-0.2, 0) is 0 Å². The standard InChI is InChI=1S/C14H19BrN2O2S/c1-9(2)8-17(6-5-13(16)20)14(19)10-3-4-11(15)12(18)7-10/h3-4,7,9,18H,5-6,8H2,1-2H3,(H2,16,20). The molecule has 0 radical (unpaired) electrons. The minimum Gasteiger partial charge on any atom is -0.507 e. The molecule has 3 N–H and O–H groups in total. The molecule has 0 aromatic heterocycles. The molecule has 0 aliphatic rings. The van der Waals surface area contributed by atoms with Crippen LogP contribution in [0.15, 0.2) is 22.7 Å². The summed E-state index contributed by atoms with van der Waals surface area (Å²) in [7, 11) is 0. The minimum absolute atomic E-state index is 0.0506. The van der Waals surface area contributed by atoms with Gasteiger partial charge in [0, 0.05) is 25.1 Å². The van der Waals surface area contributed by atoms with E-state index in [1.807, 2.05) is 13.8 Å². The molecule has 0 aliphatic heterocycles. The molecule has 0 fully saturated rings. The van der Waals surface area contributed by atoms with Gasteiger partial charge in [-0.05, 0) is 40.0 Å². The number of aromatic hydroxyl groups is 1. The Morgan fingerprint density at radius 1 is 1.50 bits per heavy atom. The highest BCUT2D eigenvalue weighted by Crippen LogP contribution is 2.25. The van der Waals surface area contributed by atoms with Crippen molar-refractivity contribution in [1.82, 2.24) is 4.90 Å². The Kier molecular flexibility index (Phi) is 6.42. The van der Waals surface area contributed by atoms with Crippen molar-refractivity contribution < 1.29 is 9.90 Å². The number of nitrogens with zero attached hydrogens (tertiary/aromatic N) is 1. The van der Waals surface area contributed by atoms with Crippen LogP contribution in [0.3, 0.4) is 0 Å². The van der Waals surface area contributed by atoms with Gasteiger partial charge in [-0.15, -0.1) is 0 Å². The number of phenolic OH excluding ortho intramolecular Hbond substituents is 1. The van der Waals surface area contributed by atoms with E-state index in [0.717, 1.165) is 0 Å². The number of carbonyl (C=O) groups excluding carboxylic acids is 1. The lowest BCUT2D eigenvalue weighted by atomic mass is 10.1. The fraction of sp³-hybridized carbons (Fsp3) is 0.429. The van der Waals surface area contributed by atoms with Crippen LogP contribution in [0.5, 0.6) is 5.75 Å². The molecule has 0 atom stereocenters. The monoisotopic (exact) mass is 358 g/mol. The molecule has 0 bridgehead atoms. The van der Waals surface area contributed by atoms with Gasteiger partial charge < -0.3 is 15.7 Å². The highest BCUT2D eigenvalue weighted by Gasteiger charge is 2.18. The maximum Gasteiger partial charge on any atom is 0.254 e. The van der Waals surface area contributed by atoms with Gasteiger partial charge in [-0.25, -0.2) is 0 Å². The highest BCUT2D eigenvalue weighted by atomic mass is 79.9. The average Bonchev–Trinajstić information content (AvgIpc) is 2.36. The van der Waals surface area contributed by atoms with E-state index in [4.69, 9.17) is 18.0 Å². The predicted molar refractivity (Wildman–Crippen MR) is 88.0 cm³/mol. The molecule has 0 spiro atoms. The topological polar surface area (TPSA) is 66.6 Å². The molecule has 0 saturated heterocycles. The van der Waals surface area contributed by atoms with E-state index in [9.17, 15) is 9.90 Å². The average molecular weight is 359 g/mol. The van der Waals surface area contributed by atoms with Crippen molar-refractivity contribution >= 4 is 39.0 Å². The van der Waals surface area contributed by atoms with Crippen molar-refractivity contribution in [3.63, 3.8) is 0 Å². The van der Waals surface area contributed by atoms with E-state index in [0.29, 0.717) is 40.5 Å². The van der Waals surface area contributed by atoms with Crippen LogP contribution in [0.2, 0.25) is 0 Å². The first-order chi connectivity index (χ1) is 9.31. The zero-order valence-electron chi connectivity index (χ0n) is 11.6. The number of halogens is 1. The summed E-state index contributed by atoms with van der Waals surface area (Å²) in [5, 5.41) is 9.67. The normalized spacial score (nSPS) is 10.6. The Bertz CT molecular complexity index is 506. The minimum atomic E-state index is -0.127. The number of thiocarbonyl (C=S) groups is 1. The van der Waals surface area contributed by atoms with Gasteiger partial charge in [0.2, 0.25) is 0 Å². The lowest BCUT2D eigenvalue weighted by Gasteiger charge is -2.24. The van der Waals surface area contributed by atoms with E-state index >= 15 is 0 Å². The molecule has 1 amide bonds. The number of benzene rings is 1. The van der Waals surface area contributed by atoms with Gasteiger partial charge in [-0.2, -0.15) is 0 Å². The third-order valence-electron chi connectivity index (χ3n) is 2.69. The quantitative estimate of drug-likeness (QED) is 0.767. The highest BCUT2D eigenvalue weighted by molar-refractivity contribution is 9.10. The summed E-state index contributed by atoms with van der Waals surface area (Å²) in [5.41, 5.74) is 5.95. The third kappa shape index (κ3) is 5.09. The van der Waals surface area contributed by atoms with Gasteiger partial charge in [0.15, 0.2) is 0 Å². The molecule has 0 saturated carbocycles. The molecule has 6 heteroatoms. The van der Waals surface area contributed by atoms with Crippen molar-refractivity contribution in [1.29, 1.82) is 0 Å². The van der Waals surface area contributed by atoms with Crippen molar-refractivity contribution in [3.05, 3.63) is 28.2 Å². The predicted octanol–water partition coefficient (Wildman–Crippen LogP) is 2.93. The molecule has 1 aromatic rings. The maximum absolute atomic E-state index is 12.5. The summed E-state index contributed by atoms with van der Waals surface area (Å²) in [6, 6.07) is 4.80. The largest absolute Gasteiger partial charge is 0.507 e. The van der Waals surface area contributed by atoms with Crippen LogP contribution in [0, 0.1) is 5.92 Å². The fourth-order valence-electron chi connectivity index (χ4n) is 1.79. The lowest BCUT2D eigenvalue weighted by Crippen LogP contribution is -2.36. The Morgan fingerprint density at radius 2 is 2.15 bits per heavy atom. The van der Waals surface area contributed by atoms with Crippen LogP contribution >= 0.6 is 28.1 Å². The van der Waals surface area contributed by atoms with Gasteiger partial charge >= 0.3 is 0 Å². The summed E-state index contributed by atoms with van der Waals surface area (Å²) in [6.07, 6.45) is 0.496. The first kappa shape index (κ1) is 16.9. The van der Waals surface area contributed by atoms with Gasteiger partial charge in [0.1, 0.15) is 5.75 Å². The van der Waals surface area contributed by atoms with Crippen LogP contribution < -0.4 is 5.73 Å². The molecular formula is C14H19BrN2O2S. The summed E-state index contributed by atoms with van der Waals surface area (Å²) in [4.78, 5) is 14.6. The number of amides is 1. The van der Waals surface area contributed by atoms with E-state index in [2.05, 4.69) is 15.9 Å². The molecule has 110 valence electrons. The Balaban J connectivity index is 2.90. The van der Waals surface area contributed by atoms with Crippen molar-refractivity contribution in [3.8, 4) is 5.75 Å². The number of rotatable bonds is 6. The molecule has 0 unspecified atom stereocenters. The first-order valence-electron chi connectivity index (χ1n) is 6.37. The zero-order chi connectivity index (χ0) is 15.3. The SMILES string of the molecule is CC(C)CN(CCC(N)=S)C(=O)c1ccc(Br)c(O)c1. The molecule has 20 heavy (non-hydrogen) atoms. The Labute approximate surface area is 133 Å².